The Morgan fingerprint density at radius 2 is 1.80 bits per heavy atom. The van der Waals surface area contributed by atoms with Gasteiger partial charge in [0.05, 0.1) is 4.92 Å². The Labute approximate surface area is 146 Å². The molecule has 0 saturated carbocycles. The molecule has 1 amide bonds. The van der Waals surface area contributed by atoms with Gasteiger partial charge in [-0.3, -0.25) is 10.1 Å². The SMILES string of the molecule is CCC(C)C(NC(=O)Oc1ccc([N+](=O)[O-])cc1)C(=O)OC(C)(C)C. The molecule has 1 aromatic rings. The van der Waals surface area contributed by atoms with Crippen molar-refractivity contribution in [2.24, 2.45) is 5.92 Å². The predicted octanol–water partition coefficient (Wildman–Crippen LogP) is 3.44. The first-order valence-corrected chi connectivity index (χ1v) is 7.99. The molecule has 25 heavy (non-hydrogen) atoms. The third-order valence-corrected chi connectivity index (χ3v) is 3.41. The number of nitro benzene ring substituents is 1. The minimum Gasteiger partial charge on any atom is -0.458 e. The average Bonchev–Trinajstić information content (AvgIpc) is 2.50. The highest BCUT2D eigenvalue weighted by Gasteiger charge is 2.31. The summed E-state index contributed by atoms with van der Waals surface area (Å²) in [4.78, 5) is 34.4. The lowest BCUT2D eigenvalue weighted by atomic mass is 9.99. The van der Waals surface area contributed by atoms with Gasteiger partial charge in [0.2, 0.25) is 0 Å². The summed E-state index contributed by atoms with van der Waals surface area (Å²) in [6, 6.07) is 4.22. The van der Waals surface area contributed by atoms with Gasteiger partial charge in [-0.1, -0.05) is 20.3 Å². The van der Waals surface area contributed by atoms with Crippen molar-refractivity contribution in [2.45, 2.75) is 52.7 Å². The molecule has 0 spiro atoms. The van der Waals surface area contributed by atoms with E-state index in [-0.39, 0.29) is 17.4 Å². The predicted molar refractivity (Wildman–Crippen MR) is 91.3 cm³/mol. The molecule has 0 heterocycles. The maximum absolute atomic E-state index is 12.3. The highest BCUT2D eigenvalue weighted by Crippen LogP contribution is 2.18. The van der Waals surface area contributed by atoms with E-state index in [1.807, 2.05) is 13.8 Å². The third-order valence-electron chi connectivity index (χ3n) is 3.41. The minimum absolute atomic E-state index is 0.112. The Hall–Kier alpha value is -2.64. The van der Waals surface area contributed by atoms with Gasteiger partial charge < -0.3 is 14.8 Å². The number of benzene rings is 1. The summed E-state index contributed by atoms with van der Waals surface area (Å²) in [7, 11) is 0. The van der Waals surface area contributed by atoms with Crippen LogP contribution in [0.2, 0.25) is 0 Å². The lowest BCUT2D eigenvalue weighted by Gasteiger charge is -2.27. The molecule has 0 fully saturated rings. The van der Waals surface area contributed by atoms with E-state index in [0.29, 0.717) is 6.42 Å². The number of rotatable bonds is 6. The zero-order valence-corrected chi connectivity index (χ0v) is 15.1. The molecule has 1 N–H and O–H groups in total. The van der Waals surface area contributed by atoms with Crippen LogP contribution in [0.1, 0.15) is 41.0 Å². The molecule has 2 atom stereocenters. The number of esters is 1. The first kappa shape index (κ1) is 20.4. The quantitative estimate of drug-likeness (QED) is 0.477. The summed E-state index contributed by atoms with van der Waals surface area (Å²) < 4.78 is 10.4. The van der Waals surface area contributed by atoms with E-state index >= 15 is 0 Å². The second-order valence-corrected chi connectivity index (χ2v) is 6.68. The van der Waals surface area contributed by atoms with Gasteiger partial charge in [0.15, 0.2) is 0 Å². The molecule has 0 bridgehead atoms. The van der Waals surface area contributed by atoms with Crippen LogP contribution < -0.4 is 10.1 Å². The van der Waals surface area contributed by atoms with E-state index in [0.717, 1.165) is 0 Å². The van der Waals surface area contributed by atoms with E-state index in [2.05, 4.69) is 5.32 Å². The summed E-state index contributed by atoms with van der Waals surface area (Å²) in [5.74, 6) is -0.558. The van der Waals surface area contributed by atoms with Gasteiger partial charge in [-0.2, -0.15) is 0 Å². The van der Waals surface area contributed by atoms with Crippen LogP contribution in [0.4, 0.5) is 10.5 Å². The van der Waals surface area contributed by atoms with Crippen molar-refractivity contribution in [2.75, 3.05) is 0 Å². The topological polar surface area (TPSA) is 108 Å². The zero-order chi connectivity index (χ0) is 19.2. The Morgan fingerprint density at radius 1 is 1.24 bits per heavy atom. The number of non-ortho nitro benzene ring substituents is 1. The van der Waals surface area contributed by atoms with Crippen molar-refractivity contribution in [3.05, 3.63) is 34.4 Å². The number of nitrogens with one attached hydrogen (secondary N) is 1. The summed E-state index contributed by atoms with van der Waals surface area (Å²) in [6.07, 6.45) is -0.174. The summed E-state index contributed by atoms with van der Waals surface area (Å²) >= 11 is 0. The third kappa shape index (κ3) is 6.78. The van der Waals surface area contributed by atoms with Crippen LogP contribution in [0.3, 0.4) is 0 Å². The first-order valence-electron chi connectivity index (χ1n) is 7.99. The number of carbonyl (C=O) groups excluding carboxylic acids is 2. The standard InChI is InChI=1S/C17H24N2O6/c1-6-11(2)14(15(20)25-17(3,4)5)18-16(21)24-13-9-7-12(8-10-13)19(22)23/h7-11,14H,6H2,1-5H3,(H,18,21). The number of nitro groups is 1. The molecule has 8 heteroatoms. The molecular weight excluding hydrogens is 328 g/mol. The molecule has 2 unspecified atom stereocenters. The number of carbonyl (C=O) groups is 2. The maximum Gasteiger partial charge on any atom is 0.413 e. The highest BCUT2D eigenvalue weighted by atomic mass is 16.6. The Balaban J connectivity index is 2.77. The number of hydrogen-bond donors (Lipinski definition) is 1. The van der Waals surface area contributed by atoms with Crippen molar-refractivity contribution >= 4 is 17.7 Å². The number of amides is 1. The van der Waals surface area contributed by atoms with E-state index in [1.165, 1.54) is 24.3 Å². The Bertz CT molecular complexity index is 621. The van der Waals surface area contributed by atoms with Crippen molar-refractivity contribution in [1.29, 1.82) is 0 Å². The molecule has 0 aromatic heterocycles. The van der Waals surface area contributed by atoms with Gasteiger partial charge in [0.25, 0.3) is 5.69 Å². The van der Waals surface area contributed by atoms with Crippen LogP contribution in [-0.2, 0) is 9.53 Å². The summed E-state index contributed by atoms with van der Waals surface area (Å²) in [6.45, 7) is 8.95. The molecule has 8 nitrogen and oxygen atoms in total. The van der Waals surface area contributed by atoms with E-state index < -0.39 is 28.6 Å². The second kappa shape index (κ2) is 8.46. The Morgan fingerprint density at radius 3 is 2.24 bits per heavy atom. The smallest absolute Gasteiger partial charge is 0.413 e. The first-order chi connectivity index (χ1) is 11.5. The lowest BCUT2D eigenvalue weighted by molar-refractivity contribution is -0.384. The fourth-order valence-electron chi connectivity index (χ4n) is 1.93. The van der Waals surface area contributed by atoms with Crippen LogP contribution in [0, 0.1) is 16.0 Å². The van der Waals surface area contributed by atoms with Crippen molar-refractivity contribution in [3.63, 3.8) is 0 Å². The lowest BCUT2D eigenvalue weighted by Crippen LogP contribution is -2.48. The van der Waals surface area contributed by atoms with E-state index in [9.17, 15) is 19.7 Å². The van der Waals surface area contributed by atoms with Gasteiger partial charge in [-0.15, -0.1) is 0 Å². The van der Waals surface area contributed by atoms with Crippen molar-refractivity contribution in [1.82, 2.24) is 5.32 Å². The zero-order valence-electron chi connectivity index (χ0n) is 15.1. The molecule has 0 aliphatic heterocycles. The van der Waals surface area contributed by atoms with E-state index in [1.54, 1.807) is 20.8 Å². The largest absolute Gasteiger partial charge is 0.458 e. The normalized spacial score (nSPS) is 13.5. The van der Waals surface area contributed by atoms with Gasteiger partial charge in [-0.25, -0.2) is 9.59 Å². The van der Waals surface area contributed by atoms with Crippen LogP contribution in [0.5, 0.6) is 5.75 Å². The van der Waals surface area contributed by atoms with Gasteiger partial charge in [-0.05, 0) is 38.8 Å². The number of ether oxygens (including phenoxy) is 2. The maximum atomic E-state index is 12.3. The van der Waals surface area contributed by atoms with Gasteiger partial charge in [0.1, 0.15) is 17.4 Å². The van der Waals surface area contributed by atoms with Gasteiger partial charge in [0, 0.05) is 12.1 Å². The molecule has 0 radical (unpaired) electrons. The Kier molecular flexibility index (Phi) is 6.90. The number of hydrogen-bond acceptors (Lipinski definition) is 6. The van der Waals surface area contributed by atoms with Crippen LogP contribution in [-0.4, -0.2) is 28.6 Å². The average molecular weight is 352 g/mol. The van der Waals surface area contributed by atoms with Gasteiger partial charge >= 0.3 is 12.1 Å². The highest BCUT2D eigenvalue weighted by molar-refractivity contribution is 5.82. The molecule has 1 rings (SSSR count). The summed E-state index contributed by atoms with van der Waals surface area (Å²) in [5, 5.41) is 13.1. The number of nitrogens with zero attached hydrogens (tertiary/aromatic N) is 1. The second-order valence-electron chi connectivity index (χ2n) is 6.68. The van der Waals surface area contributed by atoms with Crippen LogP contribution in [0.25, 0.3) is 0 Å². The molecule has 0 saturated heterocycles. The molecule has 138 valence electrons. The molecule has 0 aliphatic rings. The fourth-order valence-corrected chi connectivity index (χ4v) is 1.93. The van der Waals surface area contributed by atoms with Crippen molar-refractivity contribution < 1.29 is 24.0 Å². The minimum atomic E-state index is -0.852. The van der Waals surface area contributed by atoms with Crippen molar-refractivity contribution in [3.8, 4) is 5.75 Å². The fraction of sp³-hybridized carbons (Fsp3) is 0.529. The van der Waals surface area contributed by atoms with Crippen LogP contribution in [0.15, 0.2) is 24.3 Å². The molecule has 0 aliphatic carbocycles. The van der Waals surface area contributed by atoms with E-state index in [4.69, 9.17) is 9.47 Å². The monoisotopic (exact) mass is 352 g/mol. The van der Waals surface area contributed by atoms with Crippen LogP contribution >= 0.6 is 0 Å². The summed E-state index contributed by atoms with van der Waals surface area (Å²) in [5.41, 5.74) is -0.786. The molecular formula is C17H24N2O6. The molecule has 1 aromatic carbocycles.